The molecule has 8 nitrogen and oxygen atoms in total. The minimum atomic E-state index is -1.15. The summed E-state index contributed by atoms with van der Waals surface area (Å²) < 4.78 is 5.72. The first-order valence-corrected chi connectivity index (χ1v) is 8.82. The second kappa shape index (κ2) is 7.12. The summed E-state index contributed by atoms with van der Waals surface area (Å²) in [4.78, 5) is 37.1. The Hall–Kier alpha value is -3.13. The predicted molar refractivity (Wildman–Crippen MR) is 105 cm³/mol. The van der Waals surface area contributed by atoms with E-state index >= 15 is 0 Å². The molecule has 0 unspecified atom stereocenters. The zero-order chi connectivity index (χ0) is 20.6. The van der Waals surface area contributed by atoms with Crippen LogP contribution < -0.4 is 15.0 Å². The fraction of sp³-hybridized carbons (Fsp3) is 0.263. The van der Waals surface area contributed by atoms with Gasteiger partial charge in [-0.3, -0.25) is 24.6 Å². The maximum atomic E-state index is 12.8. The molecule has 0 radical (unpaired) electrons. The first kappa shape index (κ1) is 19.6. The molecule has 0 spiro atoms. The number of nitrogens with zero attached hydrogens (tertiary/aromatic N) is 2. The lowest BCUT2D eigenvalue weighted by molar-refractivity contribution is -0.384. The van der Waals surface area contributed by atoms with Gasteiger partial charge in [-0.25, -0.2) is 0 Å². The van der Waals surface area contributed by atoms with E-state index in [2.05, 4.69) is 5.32 Å². The van der Waals surface area contributed by atoms with Gasteiger partial charge >= 0.3 is 0 Å². The van der Waals surface area contributed by atoms with Gasteiger partial charge in [0.2, 0.25) is 5.91 Å². The van der Waals surface area contributed by atoms with Crippen LogP contribution in [0.1, 0.15) is 19.4 Å². The molecule has 1 N–H and O–H groups in total. The number of anilines is 2. The molecule has 2 amide bonds. The molecule has 0 saturated heterocycles. The first-order chi connectivity index (χ1) is 13.1. The average molecular weight is 404 g/mol. The van der Waals surface area contributed by atoms with Crippen molar-refractivity contribution in [3.8, 4) is 5.75 Å². The number of carbonyl (C=O) groups excluding carboxylic acids is 2. The number of carbonyl (C=O) groups is 2. The number of fused-ring (bicyclic) bond motifs is 1. The molecule has 1 heterocycles. The summed E-state index contributed by atoms with van der Waals surface area (Å²) in [5, 5.41) is 14.0. The third kappa shape index (κ3) is 3.77. The van der Waals surface area contributed by atoms with Crippen LogP contribution in [0.3, 0.4) is 0 Å². The largest absolute Gasteiger partial charge is 0.476 e. The summed E-state index contributed by atoms with van der Waals surface area (Å²) >= 11 is 6.04. The van der Waals surface area contributed by atoms with Gasteiger partial charge in [-0.05, 0) is 44.5 Å². The SMILES string of the molecule is Cc1ccc([N+](=O)[O-])cc1NC(=O)CN1C(=O)C(C)(C)Oc2ccc(Cl)cc21. The van der Waals surface area contributed by atoms with E-state index in [1.165, 1.54) is 17.0 Å². The van der Waals surface area contributed by atoms with E-state index in [9.17, 15) is 19.7 Å². The quantitative estimate of drug-likeness (QED) is 0.619. The van der Waals surface area contributed by atoms with Crippen LogP contribution in [0, 0.1) is 17.0 Å². The first-order valence-electron chi connectivity index (χ1n) is 8.44. The van der Waals surface area contributed by atoms with E-state index in [1.807, 2.05) is 0 Å². The van der Waals surface area contributed by atoms with Gasteiger partial charge in [-0.2, -0.15) is 0 Å². The molecular formula is C19H18ClN3O5. The van der Waals surface area contributed by atoms with Crippen molar-refractivity contribution in [1.29, 1.82) is 0 Å². The highest BCUT2D eigenvalue weighted by molar-refractivity contribution is 6.31. The monoisotopic (exact) mass is 403 g/mol. The standard InChI is InChI=1S/C19H18ClN3O5/c1-11-4-6-13(23(26)27)9-14(11)21-17(24)10-22-15-8-12(20)5-7-16(15)28-19(2,3)18(22)25/h4-9H,10H2,1-3H3,(H,21,24). The number of hydrogen-bond acceptors (Lipinski definition) is 5. The predicted octanol–water partition coefficient (Wildman–Crippen LogP) is 3.70. The number of amides is 2. The molecule has 0 fully saturated rings. The van der Waals surface area contributed by atoms with E-state index < -0.39 is 22.3 Å². The van der Waals surface area contributed by atoms with Crippen molar-refractivity contribution in [2.75, 3.05) is 16.8 Å². The number of aryl methyl sites for hydroxylation is 1. The lowest BCUT2D eigenvalue weighted by atomic mass is 10.0. The topological polar surface area (TPSA) is 102 Å². The van der Waals surface area contributed by atoms with Crippen molar-refractivity contribution in [3.05, 3.63) is 57.1 Å². The summed E-state index contributed by atoms with van der Waals surface area (Å²) in [5.41, 5.74) is 0.0774. The van der Waals surface area contributed by atoms with E-state index in [0.29, 0.717) is 27.7 Å². The van der Waals surface area contributed by atoms with Crippen LogP contribution in [0.2, 0.25) is 5.02 Å². The lowest BCUT2D eigenvalue weighted by Gasteiger charge is -2.38. The Bertz CT molecular complexity index is 990. The zero-order valence-corrected chi connectivity index (χ0v) is 16.2. The highest BCUT2D eigenvalue weighted by Crippen LogP contribution is 2.39. The lowest BCUT2D eigenvalue weighted by Crippen LogP contribution is -2.54. The van der Waals surface area contributed by atoms with Crippen LogP contribution in [-0.4, -0.2) is 28.9 Å². The number of benzene rings is 2. The summed E-state index contributed by atoms with van der Waals surface area (Å²) in [6.07, 6.45) is 0. The molecular weight excluding hydrogens is 386 g/mol. The number of non-ortho nitro benzene ring substituents is 1. The summed E-state index contributed by atoms with van der Waals surface area (Å²) in [5.74, 6) is -0.456. The molecule has 0 aromatic heterocycles. The molecule has 0 bridgehead atoms. The molecule has 2 aromatic rings. The molecule has 9 heteroatoms. The number of nitro groups is 1. The molecule has 3 rings (SSSR count). The average Bonchev–Trinajstić information content (AvgIpc) is 2.61. The number of rotatable bonds is 4. The van der Waals surface area contributed by atoms with Gasteiger partial charge in [0.25, 0.3) is 11.6 Å². The number of ether oxygens (including phenoxy) is 1. The number of nitro benzene ring substituents is 1. The summed E-state index contributed by atoms with van der Waals surface area (Å²) in [6.45, 7) is 4.66. The number of halogens is 1. The van der Waals surface area contributed by atoms with Gasteiger partial charge in [0.15, 0.2) is 5.60 Å². The van der Waals surface area contributed by atoms with Crippen molar-refractivity contribution in [2.24, 2.45) is 0 Å². The van der Waals surface area contributed by atoms with E-state index in [-0.39, 0.29) is 12.2 Å². The van der Waals surface area contributed by atoms with Crippen molar-refractivity contribution in [3.63, 3.8) is 0 Å². The molecule has 1 aliphatic rings. The molecule has 0 atom stereocenters. The van der Waals surface area contributed by atoms with Gasteiger partial charge in [-0.15, -0.1) is 0 Å². The number of nitrogens with one attached hydrogen (secondary N) is 1. The van der Waals surface area contributed by atoms with Crippen LogP contribution in [0.4, 0.5) is 17.1 Å². The highest BCUT2D eigenvalue weighted by Gasteiger charge is 2.41. The summed E-state index contributed by atoms with van der Waals surface area (Å²) in [6, 6.07) is 9.01. The highest BCUT2D eigenvalue weighted by atomic mass is 35.5. The Morgan fingerprint density at radius 3 is 2.68 bits per heavy atom. The smallest absolute Gasteiger partial charge is 0.271 e. The van der Waals surface area contributed by atoms with Crippen molar-refractivity contribution >= 4 is 40.5 Å². The van der Waals surface area contributed by atoms with E-state index in [4.69, 9.17) is 16.3 Å². The number of hydrogen-bond donors (Lipinski definition) is 1. The van der Waals surface area contributed by atoms with Crippen LogP contribution in [0.5, 0.6) is 5.75 Å². The molecule has 28 heavy (non-hydrogen) atoms. The molecule has 146 valence electrons. The van der Waals surface area contributed by atoms with Gasteiger partial charge in [0.1, 0.15) is 12.3 Å². The van der Waals surface area contributed by atoms with Crippen LogP contribution in [0.25, 0.3) is 0 Å². The van der Waals surface area contributed by atoms with Crippen molar-refractivity contribution < 1.29 is 19.2 Å². The van der Waals surface area contributed by atoms with Crippen LogP contribution in [0.15, 0.2) is 36.4 Å². The maximum absolute atomic E-state index is 12.8. The Labute approximate surface area is 166 Å². The Kier molecular flexibility index (Phi) is 4.99. The minimum absolute atomic E-state index is 0.137. The normalized spacial score (nSPS) is 14.9. The van der Waals surface area contributed by atoms with Crippen LogP contribution >= 0.6 is 11.6 Å². The van der Waals surface area contributed by atoms with Gasteiger partial charge in [-0.1, -0.05) is 17.7 Å². The fourth-order valence-electron chi connectivity index (χ4n) is 2.89. The third-order valence-electron chi connectivity index (χ3n) is 4.34. The zero-order valence-electron chi connectivity index (χ0n) is 15.5. The van der Waals surface area contributed by atoms with Crippen LogP contribution in [-0.2, 0) is 9.59 Å². The Balaban J connectivity index is 1.88. The Morgan fingerprint density at radius 1 is 1.29 bits per heavy atom. The molecule has 0 saturated carbocycles. The molecule has 0 aliphatic carbocycles. The maximum Gasteiger partial charge on any atom is 0.271 e. The van der Waals surface area contributed by atoms with Gasteiger partial charge in [0.05, 0.1) is 16.3 Å². The molecule has 1 aliphatic heterocycles. The van der Waals surface area contributed by atoms with Gasteiger partial charge < -0.3 is 10.1 Å². The molecule has 2 aromatic carbocycles. The van der Waals surface area contributed by atoms with Gasteiger partial charge in [0, 0.05) is 17.2 Å². The van der Waals surface area contributed by atoms with Crippen molar-refractivity contribution in [2.45, 2.75) is 26.4 Å². The summed E-state index contributed by atoms with van der Waals surface area (Å²) in [7, 11) is 0. The third-order valence-corrected chi connectivity index (χ3v) is 4.58. The minimum Gasteiger partial charge on any atom is -0.476 e. The van der Waals surface area contributed by atoms with Crippen molar-refractivity contribution in [1.82, 2.24) is 0 Å². The fourth-order valence-corrected chi connectivity index (χ4v) is 3.06. The van der Waals surface area contributed by atoms with E-state index in [1.54, 1.807) is 45.0 Å². The second-order valence-corrected chi connectivity index (χ2v) is 7.36. The van der Waals surface area contributed by atoms with E-state index in [0.717, 1.165) is 0 Å². The second-order valence-electron chi connectivity index (χ2n) is 6.92. The Morgan fingerprint density at radius 2 is 2.00 bits per heavy atom.